The zero-order valence-electron chi connectivity index (χ0n) is 10.1. The number of hydrogen-bond acceptors (Lipinski definition) is 1. The van der Waals surface area contributed by atoms with Crippen molar-refractivity contribution in [3.63, 3.8) is 0 Å². The van der Waals surface area contributed by atoms with Crippen LogP contribution >= 0.6 is 15.9 Å². The highest BCUT2D eigenvalue weighted by molar-refractivity contribution is 9.10. The molecule has 1 unspecified atom stereocenters. The van der Waals surface area contributed by atoms with Crippen LogP contribution in [0.25, 0.3) is 0 Å². The number of halogens is 3. The molecule has 0 aliphatic carbocycles. The van der Waals surface area contributed by atoms with Gasteiger partial charge in [-0.15, -0.1) is 0 Å². The molecule has 0 amide bonds. The number of rotatable bonds is 5. The minimum Gasteiger partial charge on any atom is -0.328 e. The van der Waals surface area contributed by atoms with E-state index in [9.17, 15) is 8.78 Å². The van der Waals surface area contributed by atoms with Crippen molar-refractivity contribution < 1.29 is 8.78 Å². The van der Waals surface area contributed by atoms with Crippen molar-refractivity contribution >= 4 is 15.9 Å². The zero-order chi connectivity index (χ0) is 13.0. The van der Waals surface area contributed by atoms with E-state index >= 15 is 0 Å². The van der Waals surface area contributed by atoms with Crippen LogP contribution in [0.3, 0.4) is 0 Å². The second kappa shape index (κ2) is 6.45. The number of hydrogen-bond donors (Lipinski definition) is 1. The molecule has 17 heavy (non-hydrogen) atoms. The zero-order valence-corrected chi connectivity index (χ0v) is 11.7. The summed E-state index contributed by atoms with van der Waals surface area (Å²) in [5.74, 6) is -0.508. The fraction of sp³-hybridized carbons (Fsp3) is 0.538. The van der Waals surface area contributed by atoms with Crippen molar-refractivity contribution in [3.8, 4) is 0 Å². The van der Waals surface area contributed by atoms with E-state index in [-0.39, 0.29) is 11.6 Å². The standard InChI is InChI=1S/C13H18BrF2N/c1-8(2)7-9(17)3-4-10-12(15)6-5-11(14)13(10)16/h5-6,8-9H,3-4,7,17H2,1-2H3. The van der Waals surface area contributed by atoms with Gasteiger partial charge in [-0.3, -0.25) is 0 Å². The average Bonchev–Trinajstić information content (AvgIpc) is 2.23. The summed E-state index contributed by atoms with van der Waals surface area (Å²) in [4.78, 5) is 0. The van der Waals surface area contributed by atoms with Gasteiger partial charge in [0.1, 0.15) is 11.6 Å². The fourth-order valence-electron chi connectivity index (χ4n) is 1.85. The van der Waals surface area contributed by atoms with E-state index in [0.717, 1.165) is 6.42 Å². The lowest BCUT2D eigenvalue weighted by Crippen LogP contribution is -2.23. The molecule has 1 rings (SSSR count). The molecule has 2 N–H and O–H groups in total. The minimum atomic E-state index is -0.512. The Hall–Kier alpha value is -0.480. The normalized spacial score (nSPS) is 13.1. The van der Waals surface area contributed by atoms with Gasteiger partial charge in [0, 0.05) is 11.6 Å². The fourth-order valence-corrected chi connectivity index (χ4v) is 2.22. The molecule has 1 nitrogen and oxygen atoms in total. The number of benzene rings is 1. The van der Waals surface area contributed by atoms with Crippen molar-refractivity contribution in [2.75, 3.05) is 0 Å². The van der Waals surface area contributed by atoms with Gasteiger partial charge >= 0.3 is 0 Å². The molecule has 0 aliphatic rings. The third-order valence-corrected chi connectivity index (χ3v) is 3.29. The van der Waals surface area contributed by atoms with Gasteiger partial charge in [0.25, 0.3) is 0 Å². The molecule has 0 aliphatic heterocycles. The average molecular weight is 306 g/mol. The third-order valence-electron chi connectivity index (χ3n) is 2.68. The van der Waals surface area contributed by atoms with Gasteiger partial charge in [0.2, 0.25) is 0 Å². The monoisotopic (exact) mass is 305 g/mol. The summed E-state index contributed by atoms with van der Waals surface area (Å²) in [7, 11) is 0. The van der Waals surface area contributed by atoms with Gasteiger partial charge in [-0.25, -0.2) is 8.78 Å². The van der Waals surface area contributed by atoms with Crippen molar-refractivity contribution in [1.29, 1.82) is 0 Å². The molecule has 1 aromatic carbocycles. The maximum Gasteiger partial charge on any atom is 0.143 e. The van der Waals surface area contributed by atoms with Crippen LogP contribution < -0.4 is 5.73 Å². The van der Waals surface area contributed by atoms with Gasteiger partial charge in [0.15, 0.2) is 0 Å². The second-order valence-electron chi connectivity index (χ2n) is 4.75. The molecule has 0 aromatic heterocycles. The minimum absolute atomic E-state index is 0.00668. The Bertz CT molecular complexity index is 380. The lowest BCUT2D eigenvalue weighted by molar-refractivity contribution is 0.463. The maximum absolute atomic E-state index is 13.6. The quantitative estimate of drug-likeness (QED) is 0.817. The summed E-state index contributed by atoms with van der Waals surface area (Å²) in [6.07, 6.45) is 1.81. The highest BCUT2D eigenvalue weighted by Crippen LogP contribution is 2.23. The van der Waals surface area contributed by atoms with Crippen LogP contribution in [0, 0.1) is 17.6 Å². The Morgan fingerprint density at radius 1 is 1.29 bits per heavy atom. The largest absolute Gasteiger partial charge is 0.328 e. The predicted molar refractivity (Wildman–Crippen MR) is 69.8 cm³/mol. The molecule has 1 aromatic rings. The van der Waals surface area contributed by atoms with Gasteiger partial charge in [0.05, 0.1) is 4.47 Å². The SMILES string of the molecule is CC(C)CC(N)CCc1c(F)ccc(Br)c1F. The summed E-state index contributed by atoms with van der Waals surface area (Å²) in [6, 6.07) is 2.64. The first kappa shape index (κ1) is 14.6. The molecule has 0 saturated carbocycles. The third kappa shape index (κ3) is 4.36. The molecule has 4 heteroatoms. The highest BCUT2D eigenvalue weighted by Gasteiger charge is 2.14. The Balaban J connectivity index is 2.66. The molecule has 1 atom stereocenters. The summed E-state index contributed by atoms with van der Waals surface area (Å²) in [5.41, 5.74) is 6.03. The van der Waals surface area contributed by atoms with Crippen LogP contribution in [0.2, 0.25) is 0 Å². The highest BCUT2D eigenvalue weighted by atomic mass is 79.9. The van der Waals surface area contributed by atoms with E-state index in [0.29, 0.717) is 23.2 Å². The topological polar surface area (TPSA) is 26.0 Å². The van der Waals surface area contributed by atoms with E-state index < -0.39 is 11.6 Å². The van der Waals surface area contributed by atoms with Crippen LogP contribution in [0.1, 0.15) is 32.3 Å². The molecule has 0 spiro atoms. The number of nitrogens with two attached hydrogens (primary N) is 1. The van der Waals surface area contributed by atoms with Crippen molar-refractivity contribution in [3.05, 3.63) is 33.8 Å². The summed E-state index contributed by atoms with van der Waals surface area (Å²) < 4.78 is 27.4. The van der Waals surface area contributed by atoms with Crippen molar-refractivity contribution in [1.82, 2.24) is 0 Å². The van der Waals surface area contributed by atoms with Crippen LogP contribution in [0.5, 0.6) is 0 Å². The van der Waals surface area contributed by atoms with E-state index in [4.69, 9.17) is 5.73 Å². The van der Waals surface area contributed by atoms with Crippen molar-refractivity contribution in [2.24, 2.45) is 11.7 Å². The Kier molecular flexibility index (Phi) is 5.53. The maximum atomic E-state index is 13.6. The smallest absolute Gasteiger partial charge is 0.143 e. The van der Waals surface area contributed by atoms with E-state index in [1.54, 1.807) is 0 Å². The first-order valence-corrected chi connectivity index (χ1v) is 6.59. The molecule has 0 fully saturated rings. The Morgan fingerprint density at radius 3 is 2.53 bits per heavy atom. The van der Waals surface area contributed by atoms with Crippen LogP contribution in [0.4, 0.5) is 8.78 Å². The Labute approximate surface area is 110 Å². The summed E-state index contributed by atoms with van der Waals surface area (Å²) in [6.45, 7) is 4.17. The first-order valence-electron chi connectivity index (χ1n) is 5.79. The molecule has 0 heterocycles. The van der Waals surface area contributed by atoms with Gasteiger partial charge in [-0.05, 0) is 53.2 Å². The van der Waals surface area contributed by atoms with Crippen LogP contribution in [-0.2, 0) is 6.42 Å². The van der Waals surface area contributed by atoms with E-state index in [1.807, 2.05) is 0 Å². The van der Waals surface area contributed by atoms with Crippen molar-refractivity contribution in [2.45, 2.75) is 39.2 Å². The lowest BCUT2D eigenvalue weighted by Gasteiger charge is -2.14. The molecule has 96 valence electrons. The van der Waals surface area contributed by atoms with Gasteiger partial charge < -0.3 is 5.73 Å². The Morgan fingerprint density at radius 2 is 1.94 bits per heavy atom. The second-order valence-corrected chi connectivity index (χ2v) is 5.60. The van der Waals surface area contributed by atoms with E-state index in [1.165, 1.54) is 12.1 Å². The lowest BCUT2D eigenvalue weighted by atomic mass is 9.98. The molecular weight excluding hydrogens is 288 g/mol. The molecular formula is C13H18BrF2N. The predicted octanol–water partition coefficient (Wildman–Crippen LogP) is 4.03. The van der Waals surface area contributed by atoms with Gasteiger partial charge in [-0.2, -0.15) is 0 Å². The molecule has 0 bridgehead atoms. The first-order chi connectivity index (χ1) is 7.91. The van der Waals surface area contributed by atoms with Crippen LogP contribution in [-0.4, -0.2) is 6.04 Å². The summed E-state index contributed by atoms with van der Waals surface area (Å²) >= 11 is 3.05. The van der Waals surface area contributed by atoms with Crippen LogP contribution in [0.15, 0.2) is 16.6 Å². The van der Waals surface area contributed by atoms with Gasteiger partial charge in [-0.1, -0.05) is 13.8 Å². The summed E-state index contributed by atoms with van der Waals surface area (Å²) in [5, 5.41) is 0. The molecule has 0 radical (unpaired) electrons. The van der Waals surface area contributed by atoms with E-state index in [2.05, 4.69) is 29.8 Å². The molecule has 0 saturated heterocycles.